The summed E-state index contributed by atoms with van der Waals surface area (Å²) >= 11 is 0. The average molecular weight is 425 g/mol. The summed E-state index contributed by atoms with van der Waals surface area (Å²) in [6.07, 6.45) is 0.169. The smallest absolute Gasteiger partial charge is 0.315 e. The number of hydrogen-bond donors (Lipinski definition) is 1. The van der Waals surface area contributed by atoms with Crippen molar-refractivity contribution in [2.24, 2.45) is 10.1 Å². The molecule has 1 heterocycles. The molecule has 0 aromatic heterocycles. The summed E-state index contributed by atoms with van der Waals surface area (Å²) in [6.45, 7) is 1.76. The molecule has 0 bridgehead atoms. The number of primary amides is 1. The summed E-state index contributed by atoms with van der Waals surface area (Å²) < 4.78 is 68.2. The molecule has 2 amide bonds. The van der Waals surface area contributed by atoms with Gasteiger partial charge >= 0.3 is 16.5 Å². The third kappa shape index (κ3) is 4.12. The van der Waals surface area contributed by atoms with Crippen LogP contribution in [0.15, 0.2) is 40.8 Å². The van der Waals surface area contributed by atoms with Crippen LogP contribution in [-0.4, -0.2) is 37.5 Å². The molecule has 29 heavy (non-hydrogen) atoms. The highest BCUT2D eigenvalue weighted by atomic mass is 32.2. The van der Waals surface area contributed by atoms with E-state index in [9.17, 15) is 22.0 Å². The van der Waals surface area contributed by atoms with Crippen LogP contribution in [0, 0.1) is 17.5 Å². The molecule has 1 aliphatic heterocycles. The summed E-state index contributed by atoms with van der Waals surface area (Å²) in [5.41, 5.74) is 4.38. The molecule has 0 spiro atoms. The number of halogens is 3. The number of nitrogens with zero attached hydrogens (tertiary/aromatic N) is 2. The minimum atomic E-state index is -2.71. The molecule has 1 fully saturated rings. The Morgan fingerprint density at radius 1 is 1.24 bits per heavy atom. The average Bonchev–Trinajstić information content (AvgIpc) is 2.91. The van der Waals surface area contributed by atoms with E-state index in [-0.39, 0.29) is 36.1 Å². The molecule has 0 radical (unpaired) electrons. The van der Waals surface area contributed by atoms with Crippen molar-refractivity contribution in [2.75, 3.05) is 6.54 Å². The van der Waals surface area contributed by atoms with Gasteiger partial charge in [-0.3, -0.25) is 0 Å². The van der Waals surface area contributed by atoms with E-state index in [0.29, 0.717) is 6.07 Å². The van der Waals surface area contributed by atoms with Gasteiger partial charge in [0.05, 0.1) is 11.6 Å². The van der Waals surface area contributed by atoms with Gasteiger partial charge in [0.2, 0.25) is 0 Å². The largest absolute Gasteiger partial charge is 0.351 e. The minimum absolute atomic E-state index is 0.0194. The molecule has 2 unspecified atom stereocenters. The molecule has 2 aromatic rings. The molecule has 3 rings (SSSR count). The van der Waals surface area contributed by atoms with Crippen LogP contribution in [0.1, 0.15) is 18.9 Å². The first-order chi connectivity index (χ1) is 13.6. The Kier molecular flexibility index (Phi) is 5.65. The van der Waals surface area contributed by atoms with Crippen LogP contribution < -0.4 is 5.73 Å². The normalized spacial score (nSPS) is 21.2. The van der Waals surface area contributed by atoms with Gasteiger partial charge in [-0.2, -0.15) is 12.8 Å². The first kappa shape index (κ1) is 20.8. The van der Waals surface area contributed by atoms with Crippen molar-refractivity contribution in [1.29, 1.82) is 0 Å². The first-order valence-electron chi connectivity index (χ1n) is 8.73. The summed E-state index contributed by atoms with van der Waals surface area (Å²) in [4.78, 5) is 13.1. The maximum atomic E-state index is 15.2. The summed E-state index contributed by atoms with van der Waals surface area (Å²) in [5, 5.41) is 0. The zero-order valence-corrected chi connectivity index (χ0v) is 16.2. The molecule has 1 saturated heterocycles. The molecular formula is C19H18F3N3O3S. The van der Waals surface area contributed by atoms with Gasteiger partial charge in [-0.05, 0) is 36.6 Å². The number of hydrogen-bond acceptors (Lipinski definition) is 4. The molecule has 1 aliphatic rings. The number of carbonyl (C=O) groups excluding carboxylic acids is 1. The van der Waals surface area contributed by atoms with E-state index in [1.54, 1.807) is 6.92 Å². The highest BCUT2D eigenvalue weighted by molar-refractivity contribution is 7.61. The Morgan fingerprint density at radius 2 is 1.90 bits per heavy atom. The lowest BCUT2D eigenvalue weighted by molar-refractivity contribution is 0.156. The fourth-order valence-corrected chi connectivity index (χ4v) is 4.42. The Bertz CT molecular complexity index is 1080. The lowest BCUT2D eigenvalue weighted by atomic mass is 9.85. The first-order valence-corrected chi connectivity index (χ1v) is 9.76. The van der Waals surface area contributed by atoms with Crippen LogP contribution in [0.5, 0.6) is 0 Å². The maximum Gasteiger partial charge on any atom is 0.315 e. The van der Waals surface area contributed by atoms with E-state index in [2.05, 4.69) is 4.36 Å². The molecule has 2 aromatic carbocycles. The fourth-order valence-electron chi connectivity index (χ4n) is 3.88. The van der Waals surface area contributed by atoms with E-state index >= 15 is 4.39 Å². The van der Waals surface area contributed by atoms with Crippen LogP contribution in [0.4, 0.5) is 18.0 Å². The molecule has 10 heteroatoms. The zero-order chi connectivity index (χ0) is 21.3. The van der Waals surface area contributed by atoms with Gasteiger partial charge in [0.1, 0.15) is 17.5 Å². The Labute approximate surface area is 166 Å². The van der Waals surface area contributed by atoms with Crippen LogP contribution >= 0.6 is 0 Å². The second kappa shape index (κ2) is 7.86. The standard InChI is InChI=1S/C19H18F3N3O3S/c1-19(16(24-29(27)28)5-6-25(19)18(23)26)10-11-3-2-4-15(17(11)22)12-7-13(20)9-14(21)8-12/h2-4,7-9,16H,5-6,10H2,1H3,(H2,23,26). The van der Waals surface area contributed by atoms with Gasteiger partial charge in [0.25, 0.3) is 0 Å². The zero-order valence-electron chi connectivity index (χ0n) is 15.4. The van der Waals surface area contributed by atoms with Crippen LogP contribution in [0.3, 0.4) is 0 Å². The van der Waals surface area contributed by atoms with Gasteiger partial charge in [0.15, 0.2) is 0 Å². The Balaban J connectivity index is 2.06. The third-order valence-corrected chi connectivity index (χ3v) is 5.67. The van der Waals surface area contributed by atoms with Crippen molar-refractivity contribution < 1.29 is 26.4 Å². The van der Waals surface area contributed by atoms with Crippen molar-refractivity contribution >= 4 is 16.5 Å². The number of amides is 2. The van der Waals surface area contributed by atoms with Crippen LogP contribution in [0.2, 0.25) is 0 Å². The number of nitrogens with two attached hydrogens (primary N) is 1. The molecule has 2 atom stereocenters. The molecule has 6 nitrogen and oxygen atoms in total. The van der Waals surface area contributed by atoms with E-state index in [1.807, 2.05) is 0 Å². The number of urea groups is 1. The second-order valence-corrected chi connectivity index (χ2v) is 7.73. The predicted molar refractivity (Wildman–Crippen MR) is 99.9 cm³/mol. The summed E-state index contributed by atoms with van der Waals surface area (Å²) in [6, 6.07) is 5.49. The molecule has 2 N–H and O–H groups in total. The minimum Gasteiger partial charge on any atom is -0.351 e. The van der Waals surface area contributed by atoms with Gasteiger partial charge in [0, 0.05) is 24.6 Å². The number of benzene rings is 2. The van der Waals surface area contributed by atoms with Crippen molar-refractivity contribution in [3.63, 3.8) is 0 Å². The monoisotopic (exact) mass is 425 g/mol. The van der Waals surface area contributed by atoms with Crippen molar-refractivity contribution in [3.05, 3.63) is 59.4 Å². The van der Waals surface area contributed by atoms with Crippen molar-refractivity contribution in [2.45, 2.75) is 31.3 Å². The van der Waals surface area contributed by atoms with Crippen LogP contribution in [-0.2, 0) is 16.9 Å². The van der Waals surface area contributed by atoms with E-state index in [4.69, 9.17) is 5.73 Å². The van der Waals surface area contributed by atoms with E-state index in [1.165, 1.54) is 23.1 Å². The SMILES string of the molecule is CC1(Cc2cccc(-c3cc(F)cc(F)c3)c2F)C(N=S(=O)=O)CCN1C(N)=O. The van der Waals surface area contributed by atoms with Crippen LogP contribution in [0.25, 0.3) is 11.1 Å². The quantitative estimate of drug-likeness (QED) is 0.815. The highest BCUT2D eigenvalue weighted by Gasteiger charge is 2.48. The molecule has 0 saturated carbocycles. The van der Waals surface area contributed by atoms with Crippen molar-refractivity contribution in [1.82, 2.24) is 4.90 Å². The summed E-state index contributed by atoms with van der Waals surface area (Å²) in [7, 11) is -2.71. The molecule has 154 valence electrons. The Hall–Kier alpha value is -2.88. The number of carbonyl (C=O) groups is 1. The summed E-state index contributed by atoms with van der Waals surface area (Å²) in [5.74, 6) is -2.41. The third-order valence-electron chi connectivity index (χ3n) is 5.24. The van der Waals surface area contributed by atoms with E-state index < -0.39 is 45.6 Å². The number of rotatable bonds is 4. The fraction of sp³-hybridized carbons (Fsp3) is 0.316. The molecular weight excluding hydrogens is 407 g/mol. The van der Waals surface area contributed by atoms with Gasteiger partial charge in [-0.1, -0.05) is 18.2 Å². The number of likely N-dealkylation sites (tertiary alicyclic amines) is 1. The lowest BCUT2D eigenvalue weighted by Crippen LogP contribution is -2.53. The maximum absolute atomic E-state index is 15.2. The van der Waals surface area contributed by atoms with Gasteiger partial charge in [-0.15, -0.1) is 0 Å². The topological polar surface area (TPSA) is 92.8 Å². The highest BCUT2D eigenvalue weighted by Crippen LogP contribution is 2.37. The Morgan fingerprint density at radius 3 is 2.48 bits per heavy atom. The van der Waals surface area contributed by atoms with E-state index in [0.717, 1.165) is 12.1 Å². The van der Waals surface area contributed by atoms with Gasteiger partial charge < -0.3 is 10.6 Å². The van der Waals surface area contributed by atoms with Crippen molar-refractivity contribution in [3.8, 4) is 11.1 Å². The predicted octanol–water partition coefficient (Wildman–Crippen LogP) is 3.29. The molecule has 0 aliphatic carbocycles. The van der Waals surface area contributed by atoms with Gasteiger partial charge in [-0.25, -0.2) is 18.0 Å². The second-order valence-electron chi connectivity index (χ2n) is 7.09. The lowest BCUT2D eigenvalue weighted by Gasteiger charge is -2.36.